The van der Waals surface area contributed by atoms with Gasteiger partial charge in [-0.05, 0) is 51.9 Å². The Morgan fingerprint density at radius 1 is 1.04 bits per heavy atom. The summed E-state index contributed by atoms with van der Waals surface area (Å²) in [6.45, 7) is 9.17. The number of aliphatic hydroxyl groups excluding tert-OH is 1. The van der Waals surface area contributed by atoms with E-state index >= 15 is 0 Å². The van der Waals surface area contributed by atoms with E-state index < -0.39 is 63.8 Å². The van der Waals surface area contributed by atoms with E-state index in [1.807, 2.05) is 20.8 Å². The molecule has 6 aliphatic heterocycles. The highest BCUT2D eigenvalue weighted by molar-refractivity contribution is 5.96. The molecule has 250 valence electrons. The van der Waals surface area contributed by atoms with Crippen LogP contribution in [0.25, 0.3) is 0 Å². The first kappa shape index (κ1) is 30.8. The molecule has 11 heteroatoms. The second kappa shape index (κ2) is 10.3. The molecule has 0 bridgehead atoms. The number of nitrogens with zero attached hydrogens (tertiary/aromatic N) is 2. The van der Waals surface area contributed by atoms with Crippen LogP contribution in [0.1, 0.15) is 85.5 Å². The molecule has 0 aromatic heterocycles. The fourth-order valence-corrected chi connectivity index (χ4v) is 11.6. The van der Waals surface area contributed by atoms with Crippen LogP contribution in [-0.4, -0.2) is 101 Å². The van der Waals surface area contributed by atoms with Gasteiger partial charge in [0.25, 0.3) is 0 Å². The van der Waals surface area contributed by atoms with E-state index in [0.717, 1.165) is 56.4 Å². The number of rotatable bonds is 8. The normalized spacial score (nSPS) is 47.9. The Balaban J connectivity index is 1.07. The number of esters is 2. The average Bonchev–Trinajstić information content (AvgIpc) is 3.26. The molecule has 46 heavy (non-hydrogen) atoms. The second-order valence-electron chi connectivity index (χ2n) is 16.0. The molecule has 2 spiro atoms. The van der Waals surface area contributed by atoms with Gasteiger partial charge >= 0.3 is 11.9 Å². The summed E-state index contributed by atoms with van der Waals surface area (Å²) in [4.78, 5) is 49.1. The van der Waals surface area contributed by atoms with Crippen LogP contribution in [0.15, 0.2) is 21.6 Å². The molecule has 2 aliphatic carbocycles. The molecule has 2 N–H and O–H groups in total. The number of hydrogen-bond donors (Lipinski definition) is 1. The number of ether oxygens (including phenoxy) is 5. The smallest absolute Gasteiger partial charge is 0.339 e. The lowest BCUT2D eigenvalue weighted by atomic mass is 9.36. The summed E-state index contributed by atoms with van der Waals surface area (Å²) < 4.78 is 30.0. The largest absolute Gasteiger partial charge is 0.465 e. The molecule has 0 aromatic rings. The number of ketones is 1. The van der Waals surface area contributed by atoms with Crippen molar-refractivity contribution in [2.24, 2.45) is 38.1 Å². The predicted octanol–water partition coefficient (Wildman–Crippen LogP) is 2.80. The lowest BCUT2D eigenvalue weighted by Gasteiger charge is -2.66. The summed E-state index contributed by atoms with van der Waals surface area (Å²) in [7, 11) is 0. The Labute approximate surface area is 269 Å². The second-order valence-corrected chi connectivity index (χ2v) is 16.0. The van der Waals surface area contributed by atoms with Crippen LogP contribution in [0.5, 0.6) is 0 Å². The van der Waals surface area contributed by atoms with Crippen LogP contribution in [-0.2, 0) is 33.3 Å². The summed E-state index contributed by atoms with van der Waals surface area (Å²) in [5.74, 6) is -2.01. The van der Waals surface area contributed by atoms with Gasteiger partial charge in [-0.15, -0.1) is 0 Å². The Kier molecular flexibility index (Phi) is 6.88. The molecule has 6 heterocycles. The van der Waals surface area contributed by atoms with Crippen LogP contribution < -0.4 is 0 Å². The number of Topliss-reactive ketones (excluding diaryl/α,β-unsaturated/α-hetero) is 1. The van der Waals surface area contributed by atoms with Gasteiger partial charge in [0, 0.05) is 34.5 Å². The maximum atomic E-state index is 14.4. The minimum Gasteiger partial charge on any atom is -0.465 e. The van der Waals surface area contributed by atoms with Gasteiger partial charge in [-0.1, -0.05) is 26.7 Å². The summed E-state index contributed by atoms with van der Waals surface area (Å²) in [5.41, 5.74) is -2.44. The van der Waals surface area contributed by atoms with Crippen molar-refractivity contribution in [2.75, 3.05) is 19.8 Å². The fourth-order valence-electron chi connectivity index (χ4n) is 11.6. The number of aliphatic imine (C=N–C) groups is 2. The molecule has 0 aromatic carbocycles. The van der Waals surface area contributed by atoms with Gasteiger partial charge in [0.05, 0.1) is 36.2 Å². The third-order valence-corrected chi connectivity index (χ3v) is 13.5. The first-order valence-corrected chi connectivity index (χ1v) is 17.3. The molecule has 11 atom stereocenters. The number of unbranched alkanes of at least 4 members (excludes halogenated alkanes) is 3. The molecule has 6 fully saturated rings. The topological polar surface area (TPSA) is 149 Å². The molecule has 8 aliphatic rings. The van der Waals surface area contributed by atoms with Gasteiger partial charge in [0.2, 0.25) is 0 Å². The number of carbonyl (C=O) groups excluding carboxylic acids is 3. The number of hydrogen-bond acceptors (Lipinski definition) is 10. The fraction of sp³-hybridized carbons (Fsp3) is 0.800. The Hall–Kier alpha value is -2.47. The molecular formula is C35H47N2O9+. The number of aliphatic hydroxyl groups is 3. The van der Waals surface area contributed by atoms with Crippen LogP contribution in [0, 0.1) is 28.1 Å². The summed E-state index contributed by atoms with van der Waals surface area (Å²) in [6, 6.07) is 0. The van der Waals surface area contributed by atoms with Gasteiger partial charge < -0.3 is 28.8 Å². The first-order valence-electron chi connectivity index (χ1n) is 17.3. The number of cyclic esters (lactones) is 2. The van der Waals surface area contributed by atoms with Crippen LogP contribution in [0.4, 0.5) is 0 Å². The Morgan fingerprint density at radius 2 is 1.85 bits per heavy atom. The van der Waals surface area contributed by atoms with Gasteiger partial charge in [0.15, 0.2) is 24.6 Å². The van der Waals surface area contributed by atoms with Crippen molar-refractivity contribution in [3.63, 3.8) is 0 Å². The zero-order valence-corrected chi connectivity index (χ0v) is 27.3. The third-order valence-electron chi connectivity index (χ3n) is 13.5. The highest BCUT2D eigenvalue weighted by Gasteiger charge is 2.91. The van der Waals surface area contributed by atoms with Crippen molar-refractivity contribution in [1.29, 1.82) is 0 Å². The standard InChI is InChI=1S/C35H46N2O9/c1-31(2)26-25(39)27(40)33(4)22(34(26)17-43-24(38)15-23(34)45-31)11-13-32(3)28(44-30(41)29-35(32,33)46-29)20-12-14-42-21(20)10-8-6-5-7-9-19-16-36-18-37-19/h12,18,21-23,26-29,40H,5-11,13-17H2,1-4H3/p+1. The van der Waals surface area contributed by atoms with Gasteiger partial charge in [-0.2, -0.15) is 0 Å². The first-order chi connectivity index (χ1) is 21.9. The molecule has 2 saturated carbocycles. The van der Waals surface area contributed by atoms with Crippen molar-refractivity contribution in [3.8, 4) is 0 Å². The zero-order valence-electron chi connectivity index (χ0n) is 27.3. The van der Waals surface area contributed by atoms with Crippen LogP contribution in [0.2, 0.25) is 0 Å². The molecule has 8 rings (SSSR count). The van der Waals surface area contributed by atoms with Crippen molar-refractivity contribution < 1.29 is 43.2 Å². The van der Waals surface area contributed by atoms with Gasteiger partial charge in [-0.25, -0.2) is 9.79 Å². The maximum absolute atomic E-state index is 14.4. The summed E-state index contributed by atoms with van der Waals surface area (Å²) >= 11 is 0. The number of epoxide rings is 1. The number of carbonyl (C=O) groups is 3. The van der Waals surface area contributed by atoms with Crippen molar-refractivity contribution in [3.05, 3.63) is 11.6 Å². The lowest BCUT2D eigenvalue weighted by Crippen LogP contribution is -2.77. The van der Waals surface area contributed by atoms with E-state index in [1.165, 1.54) is 0 Å². The van der Waals surface area contributed by atoms with E-state index in [1.54, 1.807) is 6.34 Å². The van der Waals surface area contributed by atoms with E-state index in [0.29, 0.717) is 19.4 Å². The van der Waals surface area contributed by atoms with E-state index in [4.69, 9.17) is 23.7 Å². The van der Waals surface area contributed by atoms with E-state index in [-0.39, 0.29) is 36.8 Å². The predicted molar refractivity (Wildman–Crippen MR) is 165 cm³/mol. The molecule has 4 saturated heterocycles. The SMILES string of the molecule is CC1(C)OC2CC(=O)OCC23C1C(=O)C(O)C1(C)C3CCC2(C)C(C3=CC[OH+]C3CCCCCCC3=NC=NC3)OC(=O)C3OC321. The molecule has 11 nitrogen and oxygen atoms in total. The van der Waals surface area contributed by atoms with E-state index in [2.05, 4.69) is 23.0 Å². The van der Waals surface area contributed by atoms with Gasteiger partial charge in [-0.3, -0.25) is 14.6 Å². The highest BCUT2D eigenvalue weighted by atomic mass is 16.7. The molecule has 0 radical (unpaired) electrons. The van der Waals surface area contributed by atoms with E-state index in [9.17, 15) is 19.5 Å². The lowest BCUT2D eigenvalue weighted by molar-refractivity contribution is -0.249. The molecule has 11 unspecified atom stereocenters. The minimum absolute atomic E-state index is 0.0489. The highest BCUT2D eigenvalue weighted by Crippen LogP contribution is 2.79. The summed E-state index contributed by atoms with van der Waals surface area (Å²) in [6.07, 6.45) is 7.94. The zero-order chi connectivity index (χ0) is 32.3. The monoisotopic (exact) mass is 639 g/mol. The van der Waals surface area contributed by atoms with Crippen molar-refractivity contribution in [2.45, 2.75) is 127 Å². The third kappa shape index (κ3) is 3.83. The molecular weight excluding hydrogens is 592 g/mol. The van der Waals surface area contributed by atoms with Crippen molar-refractivity contribution >= 4 is 29.8 Å². The van der Waals surface area contributed by atoms with Gasteiger partial charge in [0.1, 0.15) is 30.8 Å². The Bertz CT molecular complexity index is 1450. The maximum Gasteiger partial charge on any atom is 0.339 e. The van der Waals surface area contributed by atoms with Crippen LogP contribution >= 0.6 is 0 Å². The summed E-state index contributed by atoms with van der Waals surface area (Å²) in [5, 5.41) is 12.1. The Morgan fingerprint density at radius 3 is 2.63 bits per heavy atom. The minimum atomic E-state index is -1.37. The average molecular weight is 640 g/mol. The number of fused-ring (bicyclic) bond motifs is 1. The quantitative estimate of drug-likeness (QED) is 0.140. The van der Waals surface area contributed by atoms with Crippen molar-refractivity contribution in [1.82, 2.24) is 0 Å². The molecule has 0 amide bonds. The van der Waals surface area contributed by atoms with Crippen LogP contribution in [0.3, 0.4) is 0 Å².